The number of aliphatic hydroxyl groups is 1. The first-order chi connectivity index (χ1) is 5.29. The van der Waals surface area contributed by atoms with Gasteiger partial charge in [-0.3, -0.25) is 0 Å². The monoisotopic (exact) mass is 155 g/mol. The van der Waals surface area contributed by atoms with Gasteiger partial charge in [0.25, 0.3) is 0 Å². The Hall–Kier alpha value is -0.0800. The first kappa shape index (κ1) is 7.56. The Morgan fingerprint density at radius 2 is 2.27 bits per heavy atom. The molecule has 0 aromatic heterocycles. The van der Waals surface area contributed by atoms with E-state index in [9.17, 15) is 0 Å². The maximum Gasteiger partial charge on any atom is 0.0590 e. The third-order valence-corrected chi connectivity index (χ3v) is 3.65. The summed E-state index contributed by atoms with van der Waals surface area (Å²) in [5.74, 6) is 0.820. The molecule has 2 heteroatoms. The minimum Gasteiger partial charge on any atom is -0.395 e. The summed E-state index contributed by atoms with van der Waals surface area (Å²) < 4.78 is 0. The van der Waals surface area contributed by atoms with Gasteiger partial charge in [-0.15, -0.1) is 0 Å². The van der Waals surface area contributed by atoms with Crippen LogP contribution in [0.5, 0.6) is 0 Å². The molecule has 11 heavy (non-hydrogen) atoms. The van der Waals surface area contributed by atoms with Crippen molar-refractivity contribution in [1.82, 2.24) is 5.32 Å². The molecule has 2 nitrogen and oxygen atoms in total. The fourth-order valence-electron chi connectivity index (χ4n) is 2.54. The molecule has 0 radical (unpaired) electrons. The summed E-state index contributed by atoms with van der Waals surface area (Å²) in [5, 5.41) is 12.5. The maximum absolute atomic E-state index is 9.12. The van der Waals surface area contributed by atoms with Crippen molar-refractivity contribution >= 4 is 0 Å². The molecule has 0 aromatic rings. The van der Waals surface area contributed by atoms with Gasteiger partial charge in [-0.1, -0.05) is 6.92 Å². The van der Waals surface area contributed by atoms with Crippen LogP contribution >= 0.6 is 0 Å². The van der Waals surface area contributed by atoms with E-state index in [1.807, 2.05) is 0 Å². The molecule has 1 saturated carbocycles. The number of hydrogen-bond donors (Lipinski definition) is 2. The number of rotatable bonds is 1. The Bertz CT molecular complexity index is 154. The molecule has 1 heterocycles. The van der Waals surface area contributed by atoms with E-state index in [2.05, 4.69) is 12.2 Å². The molecule has 64 valence electrons. The Kier molecular flexibility index (Phi) is 1.69. The van der Waals surface area contributed by atoms with E-state index in [1.54, 1.807) is 0 Å². The van der Waals surface area contributed by atoms with Crippen LogP contribution in [0, 0.1) is 11.3 Å². The van der Waals surface area contributed by atoms with Crippen molar-refractivity contribution in [3.63, 3.8) is 0 Å². The van der Waals surface area contributed by atoms with Gasteiger partial charge in [-0.2, -0.15) is 0 Å². The van der Waals surface area contributed by atoms with Gasteiger partial charge in [0.05, 0.1) is 6.61 Å². The standard InChI is InChI=1S/C9H17NO/c1-7-2-5-10-8(6-11)9(7)3-4-9/h7-8,10-11H,2-6H2,1H3/t7-,8?/m1/s1. The predicted molar refractivity (Wildman–Crippen MR) is 44.3 cm³/mol. The topological polar surface area (TPSA) is 32.3 Å². The highest BCUT2D eigenvalue weighted by Crippen LogP contribution is 2.56. The van der Waals surface area contributed by atoms with Crippen LogP contribution in [0.3, 0.4) is 0 Å². The van der Waals surface area contributed by atoms with Crippen molar-refractivity contribution in [2.75, 3.05) is 13.2 Å². The van der Waals surface area contributed by atoms with Crippen LogP contribution in [-0.2, 0) is 0 Å². The van der Waals surface area contributed by atoms with Crippen molar-refractivity contribution < 1.29 is 5.11 Å². The van der Waals surface area contributed by atoms with Gasteiger partial charge in [-0.05, 0) is 37.1 Å². The Balaban J connectivity index is 2.08. The summed E-state index contributed by atoms with van der Waals surface area (Å²) in [7, 11) is 0. The smallest absolute Gasteiger partial charge is 0.0590 e. The van der Waals surface area contributed by atoms with E-state index >= 15 is 0 Å². The predicted octanol–water partition coefficient (Wildman–Crippen LogP) is 0.757. The first-order valence-electron chi connectivity index (χ1n) is 4.64. The third-order valence-electron chi connectivity index (χ3n) is 3.65. The summed E-state index contributed by atoms with van der Waals surface area (Å²) in [6, 6.07) is 0.395. The molecule has 0 amide bonds. The number of nitrogens with one attached hydrogen (secondary N) is 1. The highest BCUT2D eigenvalue weighted by Gasteiger charge is 2.53. The van der Waals surface area contributed by atoms with Gasteiger partial charge in [0.15, 0.2) is 0 Å². The van der Waals surface area contributed by atoms with E-state index < -0.39 is 0 Å². The molecule has 2 N–H and O–H groups in total. The molecule has 1 unspecified atom stereocenters. The molecule has 1 aliphatic carbocycles. The van der Waals surface area contributed by atoms with Gasteiger partial charge < -0.3 is 10.4 Å². The molecule has 0 aromatic carbocycles. The van der Waals surface area contributed by atoms with E-state index in [1.165, 1.54) is 19.3 Å². The molecule has 2 aliphatic rings. The Morgan fingerprint density at radius 1 is 1.55 bits per heavy atom. The summed E-state index contributed by atoms with van der Waals surface area (Å²) >= 11 is 0. The quantitative estimate of drug-likeness (QED) is 0.586. The zero-order valence-electron chi connectivity index (χ0n) is 7.14. The maximum atomic E-state index is 9.12. The normalized spacial score (nSPS) is 40.9. The molecule has 1 spiro atoms. The molecule has 1 saturated heterocycles. The number of hydrogen-bond acceptors (Lipinski definition) is 2. The molecule has 0 bridgehead atoms. The summed E-state index contributed by atoms with van der Waals surface area (Å²) in [5.41, 5.74) is 0.493. The van der Waals surface area contributed by atoms with Gasteiger partial charge in [-0.25, -0.2) is 0 Å². The second-order valence-corrected chi connectivity index (χ2v) is 4.11. The lowest BCUT2D eigenvalue weighted by molar-refractivity contribution is 0.115. The lowest BCUT2D eigenvalue weighted by Crippen LogP contribution is -2.48. The minimum atomic E-state index is 0.324. The first-order valence-corrected chi connectivity index (χ1v) is 4.64. The van der Waals surface area contributed by atoms with Gasteiger partial charge in [0, 0.05) is 6.04 Å². The van der Waals surface area contributed by atoms with E-state index in [0.717, 1.165) is 12.5 Å². The number of piperidine rings is 1. The van der Waals surface area contributed by atoms with Crippen LogP contribution in [-0.4, -0.2) is 24.3 Å². The second-order valence-electron chi connectivity index (χ2n) is 4.11. The molecule has 2 fully saturated rings. The van der Waals surface area contributed by atoms with Gasteiger partial charge in [0.1, 0.15) is 0 Å². The zero-order chi connectivity index (χ0) is 7.90. The van der Waals surface area contributed by atoms with Crippen LogP contribution in [0.15, 0.2) is 0 Å². The van der Waals surface area contributed by atoms with Crippen molar-refractivity contribution in [3.8, 4) is 0 Å². The van der Waals surface area contributed by atoms with Crippen molar-refractivity contribution in [2.45, 2.75) is 32.2 Å². The SMILES string of the molecule is C[C@@H]1CCNC(CO)C12CC2. The van der Waals surface area contributed by atoms with Gasteiger partial charge in [0.2, 0.25) is 0 Å². The lowest BCUT2D eigenvalue weighted by atomic mass is 9.79. The van der Waals surface area contributed by atoms with Gasteiger partial charge >= 0.3 is 0 Å². The van der Waals surface area contributed by atoms with Crippen LogP contribution in [0.25, 0.3) is 0 Å². The molecular formula is C9H17NO. The second kappa shape index (κ2) is 2.46. The minimum absolute atomic E-state index is 0.324. The number of aliphatic hydroxyl groups excluding tert-OH is 1. The summed E-state index contributed by atoms with van der Waals surface area (Å²) in [4.78, 5) is 0. The summed E-state index contributed by atoms with van der Waals surface area (Å²) in [6.45, 7) is 3.75. The average Bonchev–Trinajstić information content (AvgIpc) is 2.77. The Labute approximate surface area is 68.0 Å². The van der Waals surface area contributed by atoms with Crippen molar-refractivity contribution in [3.05, 3.63) is 0 Å². The molecule has 1 aliphatic heterocycles. The van der Waals surface area contributed by atoms with E-state index in [4.69, 9.17) is 5.11 Å². The van der Waals surface area contributed by atoms with Crippen molar-refractivity contribution in [1.29, 1.82) is 0 Å². The van der Waals surface area contributed by atoms with Crippen LogP contribution in [0.2, 0.25) is 0 Å². The lowest BCUT2D eigenvalue weighted by Gasteiger charge is -2.37. The largest absolute Gasteiger partial charge is 0.395 e. The third kappa shape index (κ3) is 1.00. The van der Waals surface area contributed by atoms with Crippen LogP contribution < -0.4 is 5.32 Å². The van der Waals surface area contributed by atoms with Crippen molar-refractivity contribution in [2.24, 2.45) is 11.3 Å². The van der Waals surface area contributed by atoms with Crippen LogP contribution in [0.4, 0.5) is 0 Å². The zero-order valence-corrected chi connectivity index (χ0v) is 7.14. The molecule has 2 rings (SSSR count). The Morgan fingerprint density at radius 3 is 2.73 bits per heavy atom. The molecule has 2 atom stereocenters. The highest BCUT2D eigenvalue weighted by molar-refractivity contribution is 5.07. The highest BCUT2D eigenvalue weighted by atomic mass is 16.3. The fraction of sp³-hybridized carbons (Fsp3) is 1.00. The van der Waals surface area contributed by atoms with E-state index in [-0.39, 0.29) is 0 Å². The fourth-order valence-corrected chi connectivity index (χ4v) is 2.54. The average molecular weight is 155 g/mol. The summed E-state index contributed by atoms with van der Waals surface area (Å²) in [6.07, 6.45) is 3.94. The van der Waals surface area contributed by atoms with Crippen LogP contribution in [0.1, 0.15) is 26.2 Å². The van der Waals surface area contributed by atoms with E-state index in [0.29, 0.717) is 18.1 Å². The molecular weight excluding hydrogens is 138 g/mol.